The summed E-state index contributed by atoms with van der Waals surface area (Å²) >= 11 is 3.66. The van der Waals surface area contributed by atoms with Crippen molar-refractivity contribution < 1.29 is 19.1 Å². The molecule has 0 bridgehead atoms. The minimum absolute atomic E-state index is 0.0438. The number of halogens is 1. The monoisotopic (exact) mass is 430 g/mol. The summed E-state index contributed by atoms with van der Waals surface area (Å²) in [5.74, 6) is -1.10. The topological polar surface area (TPSA) is 74.9 Å². The summed E-state index contributed by atoms with van der Waals surface area (Å²) in [6.07, 6.45) is 0. The summed E-state index contributed by atoms with van der Waals surface area (Å²) in [7, 11) is 0. The first-order valence-electron chi connectivity index (χ1n) is 8.72. The molecule has 0 atom stereocenters. The predicted octanol–water partition coefficient (Wildman–Crippen LogP) is 4.34. The number of carboxylic acid groups (broad SMARTS) is 1. The highest BCUT2D eigenvalue weighted by molar-refractivity contribution is 9.10. The third-order valence-corrected chi connectivity index (χ3v) is 5.23. The van der Waals surface area contributed by atoms with E-state index in [9.17, 15) is 4.79 Å². The summed E-state index contributed by atoms with van der Waals surface area (Å²) in [6, 6.07) is 13.5. The molecular weight excluding hydrogens is 412 g/mol. The lowest BCUT2D eigenvalue weighted by Crippen LogP contribution is -2.36. The lowest BCUT2D eigenvalue weighted by Gasteiger charge is -2.29. The minimum Gasteiger partial charge on any atom is -0.475 e. The lowest BCUT2D eigenvalue weighted by atomic mass is 10.1. The number of nitrogens with zero attached hydrogens (tertiary/aromatic N) is 1. The second-order valence-corrected chi connectivity index (χ2v) is 7.26. The van der Waals surface area contributed by atoms with E-state index in [0.717, 1.165) is 47.4 Å². The number of morpholine rings is 1. The molecule has 3 aromatic rings. The normalized spacial score (nSPS) is 14.5. The van der Waals surface area contributed by atoms with Crippen molar-refractivity contribution in [3.8, 4) is 0 Å². The van der Waals surface area contributed by atoms with E-state index in [1.54, 1.807) is 0 Å². The molecule has 0 aliphatic carbocycles. The fourth-order valence-corrected chi connectivity index (χ4v) is 3.80. The van der Waals surface area contributed by atoms with E-state index in [1.165, 1.54) is 11.8 Å². The van der Waals surface area contributed by atoms with E-state index in [0.29, 0.717) is 12.1 Å². The van der Waals surface area contributed by atoms with Crippen molar-refractivity contribution in [3.63, 3.8) is 0 Å². The van der Waals surface area contributed by atoms with Gasteiger partial charge in [0.05, 0.1) is 18.9 Å². The van der Waals surface area contributed by atoms with Crippen LogP contribution in [0, 0.1) is 0 Å². The highest BCUT2D eigenvalue weighted by atomic mass is 79.9. The van der Waals surface area contributed by atoms with Crippen molar-refractivity contribution in [2.45, 2.75) is 6.54 Å². The van der Waals surface area contributed by atoms with Gasteiger partial charge in [-0.25, -0.2) is 4.79 Å². The average Bonchev–Trinajstić information content (AvgIpc) is 3.11. The Morgan fingerprint density at radius 1 is 1.15 bits per heavy atom. The van der Waals surface area contributed by atoms with Crippen LogP contribution in [-0.4, -0.2) is 37.4 Å². The molecule has 0 amide bonds. The minimum atomic E-state index is -1.06. The van der Waals surface area contributed by atoms with Crippen LogP contribution in [0.2, 0.25) is 0 Å². The van der Waals surface area contributed by atoms with Crippen molar-refractivity contribution in [2.75, 3.05) is 36.5 Å². The number of carboxylic acids is 1. The molecule has 4 rings (SSSR count). The molecule has 0 unspecified atom stereocenters. The van der Waals surface area contributed by atoms with Crippen LogP contribution in [0.25, 0.3) is 11.0 Å². The molecule has 0 spiro atoms. The summed E-state index contributed by atoms with van der Waals surface area (Å²) < 4.78 is 11.8. The van der Waals surface area contributed by atoms with Gasteiger partial charge in [-0.2, -0.15) is 0 Å². The van der Waals surface area contributed by atoms with Crippen LogP contribution in [0.1, 0.15) is 16.1 Å². The molecule has 1 fully saturated rings. The zero-order valence-electron chi connectivity index (χ0n) is 14.6. The SMILES string of the molecule is O=C(O)c1cc2ccc(CNc3ccc(N4CCOCC4)c(Br)c3)cc2o1. The number of hydrogen-bond acceptors (Lipinski definition) is 5. The molecule has 2 aromatic carbocycles. The maximum absolute atomic E-state index is 11.0. The lowest BCUT2D eigenvalue weighted by molar-refractivity contribution is 0.0665. The Morgan fingerprint density at radius 3 is 2.70 bits per heavy atom. The number of benzene rings is 2. The number of hydrogen-bond donors (Lipinski definition) is 2. The van der Waals surface area contributed by atoms with Crippen LogP contribution in [-0.2, 0) is 11.3 Å². The Morgan fingerprint density at radius 2 is 1.96 bits per heavy atom. The molecule has 27 heavy (non-hydrogen) atoms. The first-order chi connectivity index (χ1) is 13.1. The Balaban J connectivity index is 1.45. The van der Waals surface area contributed by atoms with Gasteiger partial charge in [-0.1, -0.05) is 12.1 Å². The highest BCUT2D eigenvalue weighted by Crippen LogP contribution is 2.30. The third-order valence-electron chi connectivity index (χ3n) is 4.59. The van der Waals surface area contributed by atoms with Gasteiger partial charge in [0.1, 0.15) is 5.58 Å². The molecule has 2 N–H and O–H groups in total. The molecule has 1 saturated heterocycles. The van der Waals surface area contributed by atoms with Gasteiger partial charge in [0.15, 0.2) is 0 Å². The van der Waals surface area contributed by atoms with Gasteiger partial charge >= 0.3 is 5.97 Å². The fourth-order valence-electron chi connectivity index (χ4n) is 3.17. The molecule has 0 radical (unpaired) electrons. The number of nitrogens with one attached hydrogen (secondary N) is 1. The summed E-state index contributed by atoms with van der Waals surface area (Å²) in [6.45, 7) is 3.92. The maximum Gasteiger partial charge on any atom is 0.371 e. The van der Waals surface area contributed by atoms with Crippen LogP contribution in [0.4, 0.5) is 11.4 Å². The number of rotatable bonds is 5. The van der Waals surface area contributed by atoms with Crippen LogP contribution in [0.5, 0.6) is 0 Å². The molecule has 7 heteroatoms. The molecule has 1 aromatic heterocycles. The number of aromatic carboxylic acids is 1. The number of furan rings is 1. The Kier molecular flexibility index (Phi) is 5.05. The average molecular weight is 431 g/mol. The van der Waals surface area contributed by atoms with Crippen molar-refractivity contribution in [1.29, 1.82) is 0 Å². The third kappa shape index (κ3) is 3.94. The highest BCUT2D eigenvalue weighted by Gasteiger charge is 2.14. The zero-order chi connectivity index (χ0) is 18.8. The van der Waals surface area contributed by atoms with Crippen molar-refractivity contribution in [1.82, 2.24) is 0 Å². The molecule has 140 valence electrons. The van der Waals surface area contributed by atoms with Gasteiger partial charge < -0.3 is 24.5 Å². The first-order valence-corrected chi connectivity index (χ1v) is 9.51. The van der Waals surface area contributed by atoms with Crippen LogP contribution >= 0.6 is 15.9 Å². The van der Waals surface area contributed by atoms with Gasteiger partial charge in [0.25, 0.3) is 0 Å². The van der Waals surface area contributed by atoms with E-state index in [2.05, 4.69) is 44.3 Å². The second-order valence-electron chi connectivity index (χ2n) is 6.41. The predicted molar refractivity (Wildman–Crippen MR) is 108 cm³/mol. The molecule has 6 nitrogen and oxygen atoms in total. The van der Waals surface area contributed by atoms with Gasteiger partial charge in [-0.15, -0.1) is 0 Å². The van der Waals surface area contributed by atoms with Crippen LogP contribution < -0.4 is 10.2 Å². The first kappa shape index (κ1) is 17.9. The fraction of sp³-hybridized carbons (Fsp3) is 0.250. The maximum atomic E-state index is 11.0. The molecule has 2 heterocycles. The van der Waals surface area contributed by atoms with Crippen molar-refractivity contribution in [2.24, 2.45) is 0 Å². The second kappa shape index (κ2) is 7.62. The van der Waals surface area contributed by atoms with Gasteiger partial charge in [-0.3, -0.25) is 0 Å². The van der Waals surface area contributed by atoms with Gasteiger partial charge in [0, 0.05) is 35.2 Å². The van der Waals surface area contributed by atoms with Crippen molar-refractivity contribution >= 4 is 44.2 Å². The number of carbonyl (C=O) groups is 1. The van der Waals surface area contributed by atoms with E-state index >= 15 is 0 Å². The molecular formula is C20H19BrN2O4. The van der Waals surface area contributed by atoms with Crippen LogP contribution in [0.15, 0.2) is 51.4 Å². The molecule has 1 aliphatic heterocycles. The van der Waals surface area contributed by atoms with E-state index < -0.39 is 5.97 Å². The summed E-state index contributed by atoms with van der Waals surface area (Å²) in [5.41, 5.74) is 3.77. The molecule has 1 aliphatic rings. The van der Waals surface area contributed by atoms with Gasteiger partial charge in [-0.05, 0) is 51.8 Å². The van der Waals surface area contributed by atoms with Gasteiger partial charge in [0.2, 0.25) is 5.76 Å². The number of ether oxygens (including phenoxy) is 1. The molecule has 0 saturated carbocycles. The quantitative estimate of drug-likeness (QED) is 0.626. The Labute approximate surface area is 164 Å². The largest absolute Gasteiger partial charge is 0.475 e. The number of fused-ring (bicyclic) bond motifs is 1. The van der Waals surface area contributed by atoms with Crippen molar-refractivity contribution in [3.05, 3.63) is 58.3 Å². The summed E-state index contributed by atoms with van der Waals surface area (Å²) in [4.78, 5) is 13.3. The zero-order valence-corrected chi connectivity index (χ0v) is 16.2. The standard InChI is InChI=1S/C20H19BrN2O4/c21-16-11-15(3-4-17(16)23-5-7-26-8-6-23)22-12-13-1-2-14-10-19(20(24)25)27-18(14)9-13/h1-4,9-11,22H,5-8,12H2,(H,24,25). The van der Waals surface area contributed by atoms with E-state index in [1.807, 2.05) is 18.2 Å². The smallest absolute Gasteiger partial charge is 0.371 e. The summed E-state index contributed by atoms with van der Waals surface area (Å²) in [5, 5.41) is 13.2. The Bertz CT molecular complexity index is 979. The Hall–Kier alpha value is -2.51. The van der Waals surface area contributed by atoms with E-state index in [-0.39, 0.29) is 5.76 Å². The van der Waals surface area contributed by atoms with E-state index in [4.69, 9.17) is 14.3 Å². The van der Waals surface area contributed by atoms with Crippen LogP contribution in [0.3, 0.4) is 0 Å². The number of anilines is 2.